The van der Waals surface area contributed by atoms with E-state index in [1.54, 1.807) is 23.7 Å². The van der Waals surface area contributed by atoms with E-state index in [0.717, 1.165) is 11.1 Å². The number of carbonyl (C=O) groups is 1. The SMILES string of the molecule is Cc1c(Cc2ccn3nccc3c2)cc2c(c1F)OCN([C@H]1COCC[C@@H]1O)C2=O. The van der Waals surface area contributed by atoms with Gasteiger partial charge < -0.3 is 14.6 Å². The van der Waals surface area contributed by atoms with Gasteiger partial charge in [-0.3, -0.25) is 9.69 Å². The highest BCUT2D eigenvalue weighted by molar-refractivity contribution is 5.98. The Balaban J connectivity index is 1.49. The van der Waals surface area contributed by atoms with Crippen LogP contribution in [0.1, 0.15) is 33.5 Å². The number of aromatic nitrogens is 2. The summed E-state index contributed by atoms with van der Waals surface area (Å²) in [6, 6.07) is 7.02. The molecule has 2 aliphatic heterocycles. The maximum atomic E-state index is 15.1. The van der Waals surface area contributed by atoms with Gasteiger partial charge >= 0.3 is 0 Å². The molecule has 0 aliphatic carbocycles. The van der Waals surface area contributed by atoms with E-state index in [-0.39, 0.29) is 30.6 Å². The van der Waals surface area contributed by atoms with Gasteiger partial charge in [0.1, 0.15) is 0 Å². The molecule has 7 nitrogen and oxygen atoms in total. The molecule has 8 heteroatoms. The fraction of sp³-hybridized carbons (Fsp3) is 0.364. The molecule has 1 N–H and O–H groups in total. The van der Waals surface area contributed by atoms with Gasteiger partial charge in [0.05, 0.1) is 29.8 Å². The van der Waals surface area contributed by atoms with Crippen molar-refractivity contribution in [3.63, 3.8) is 0 Å². The van der Waals surface area contributed by atoms with Crippen LogP contribution in [0.4, 0.5) is 4.39 Å². The standard InChI is InChI=1S/C22H22FN3O4/c1-13-15(8-14-3-6-26-16(9-14)2-5-24-26)10-17-21(20(13)23)30-12-25(22(17)28)18-11-29-7-4-19(18)27/h2-3,5-6,9-10,18-19,27H,4,7-8,11-12H2,1H3/t18-,19-/m0/s1. The van der Waals surface area contributed by atoms with Gasteiger partial charge in [0.2, 0.25) is 0 Å². The molecule has 4 heterocycles. The fourth-order valence-electron chi connectivity index (χ4n) is 4.16. The highest BCUT2D eigenvalue weighted by Crippen LogP contribution is 2.34. The fourth-order valence-corrected chi connectivity index (χ4v) is 4.16. The number of ether oxygens (including phenoxy) is 2. The Labute approximate surface area is 172 Å². The number of fused-ring (bicyclic) bond motifs is 2. The summed E-state index contributed by atoms with van der Waals surface area (Å²) >= 11 is 0. The summed E-state index contributed by atoms with van der Waals surface area (Å²) in [5, 5.41) is 14.5. The van der Waals surface area contributed by atoms with Gasteiger partial charge in [0, 0.05) is 19.0 Å². The highest BCUT2D eigenvalue weighted by atomic mass is 19.1. The largest absolute Gasteiger partial charge is 0.469 e. The molecule has 156 valence electrons. The van der Waals surface area contributed by atoms with Crippen molar-refractivity contribution in [2.45, 2.75) is 31.9 Å². The molecular formula is C22H22FN3O4. The topological polar surface area (TPSA) is 76.3 Å². The third-order valence-corrected chi connectivity index (χ3v) is 5.96. The van der Waals surface area contributed by atoms with Gasteiger partial charge in [0.25, 0.3) is 5.91 Å². The van der Waals surface area contributed by atoms with E-state index >= 15 is 4.39 Å². The van der Waals surface area contributed by atoms with Crippen molar-refractivity contribution in [1.82, 2.24) is 14.5 Å². The van der Waals surface area contributed by atoms with E-state index in [1.165, 1.54) is 4.90 Å². The zero-order valence-electron chi connectivity index (χ0n) is 16.5. The second-order valence-corrected chi connectivity index (χ2v) is 7.81. The minimum Gasteiger partial charge on any atom is -0.469 e. The van der Waals surface area contributed by atoms with Crippen molar-refractivity contribution in [2.75, 3.05) is 19.9 Å². The number of benzene rings is 1. The summed E-state index contributed by atoms with van der Waals surface area (Å²) in [4.78, 5) is 14.6. The smallest absolute Gasteiger partial charge is 0.260 e. The molecule has 2 atom stereocenters. The van der Waals surface area contributed by atoms with E-state index in [2.05, 4.69) is 5.10 Å². The number of aliphatic hydroxyl groups excluding tert-OH is 1. The first-order chi connectivity index (χ1) is 14.5. The van der Waals surface area contributed by atoms with Crippen molar-refractivity contribution in [3.05, 3.63) is 64.7 Å². The molecule has 30 heavy (non-hydrogen) atoms. The molecule has 2 aromatic heterocycles. The Morgan fingerprint density at radius 3 is 3.03 bits per heavy atom. The van der Waals surface area contributed by atoms with Gasteiger partial charge in [-0.2, -0.15) is 5.10 Å². The quantitative estimate of drug-likeness (QED) is 0.716. The highest BCUT2D eigenvalue weighted by Gasteiger charge is 2.38. The molecule has 1 amide bonds. The third-order valence-electron chi connectivity index (χ3n) is 5.96. The number of hydrogen-bond donors (Lipinski definition) is 1. The lowest BCUT2D eigenvalue weighted by Crippen LogP contribution is -2.55. The minimum atomic E-state index is -0.690. The average molecular weight is 411 g/mol. The number of amides is 1. The van der Waals surface area contributed by atoms with Crippen molar-refractivity contribution < 1.29 is 23.8 Å². The second-order valence-electron chi connectivity index (χ2n) is 7.81. The number of nitrogens with zero attached hydrogens (tertiary/aromatic N) is 3. The Bertz CT molecular complexity index is 1130. The molecule has 0 spiro atoms. The molecule has 1 saturated heterocycles. The van der Waals surface area contributed by atoms with Crippen LogP contribution in [0.3, 0.4) is 0 Å². The van der Waals surface area contributed by atoms with E-state index in [4.69, 9.17) is 9.47 Å². The van der Waals surface area contributed by atoms with E-state index in [9.17, 15) is 9.90 Å². The van der Waals surface area contributed by atoms with Gasteiger partial charge in [-0.05, 0) is 60.7 Å². The number of aliphatic hydroxyl groups is 1. The number of carbonyl (C=O) groups excluding carboxylic acids is 1. The molecule has 0 bridgehead atoms. The number of rotatable bonds is 3. The van der Waals surface area contributed by atoms with Crippen LogP contribution in [-0.2, 0) is 11.2 Å². The summed E-state index contributed by atoms with van der Waals surface area (Å²) in [5.41, 5.74) is 3.30. The molecule has 0 radical (unpaired) electrons. The van der Waals surface area contributed by atoms with Crippen LogP contribution in [0.5, 0.6) is 5.75 Å². The Morgan fingerprint density at radius 1 is 1.33 bits per heavy atom. The van der Waals surface area contributed by atoms with Crippen molar-refractivity contribution in [1.29, 1.82) is 0 Å². The monoisotopic (exact) mass is 411 g/mol. The lowest BCUT2D eigenvalue weighted by Gasteiger charge is -2.39. The summed E-state index contributed by atoms with van der Waals surface area (Å²) in [7, 11) is 0. The summed E-state index contributed by atoms with van der Waals surface area (Å²) in [6.07, 6.45) is 3.81. The number of hydrogen-bond acceptors (Lipinski definition) is 5. The van der Waals surface area contributed by atoms with Crippen LogP contribution >= 0.6 is 0 Å². The van der Waals surface area contributed by atoms with Crippen LogP contribution in [0, 0.1) is 12.7 Å². The summed E-state index contributed by atoms with van der Waals surface area (Å²) < 4.78 is 27.9. The lowest BCUT2D eigenvalue weighted by molar-refractivity contribution is -0.0700. The van der Waals surface area contributed by atoms with Gasteiger partial charge in [-0.25, -0.2) is 8.91 Å². The molecule has 3 aromatic rings. The van der Waals surface area contributed by atoms with Crippen molar-refractivity contribution >= 4 is 11.4 Å². The first-order valence-corrected chi connectivity index (χ1v) is 9.97. The Morgan fingerprint density at radius 2 is 2.20 bits per heavy atom. The molecule has 2 aliphatic rings. The van der Waals surface area contributed by atoms with E-state index in [1.807, 2.05) is 24.4 Å². The molecule has 0 saturated carbocycles. The number of halogens is 1. The summed E-state index contributed by atoms with van der Waals surface area (Å²) in [6.45, 7) is 2.28. The molecule has 0 unspecified atom stereocenters. The predicted octanol–water partition coefficient (Wildman–Crippen LogP) is 2.31. The van der Waals surface area contributed by atoms with Crippen molar-refractivity contribution in [2.24, 2.45) is 0 Å². The van der Waals surface area contributed by atoms with Crippen LogP contribution < -0.4 is 4.74 Å². The Hall–Kier alpha value is -2.97. The van der Waals surface area contributed by atoms with E-state index in [0.29, 0.717) is 30.6 Å². The average Bonchev–Trinajstić information content (AvgIpc) is 3.21. The third kappa shape index (κ3) is 3.12. The lowest BCUT2D eigenvalue weighted by atomic mass is 9.95. The summed E-state index contributed by atoms with van der Waals surface area (Å²) in [5.74, 6) is -0.881. The Kier molecular flexibility index (Phi) is 4.67. The molecule has 5 rings (SSSR count). The second kappa shape index (κ2) is 7.37. The maximum absolute atomic E-state index is 15.1. The first kappa shape index (κ1) is 19.0. The minimum absolute atomic E-state index is 0.0186. The van der Waals surface area contributed by atoms with Crippen LogP contribution in [0.2, 0.25) is 0 Å². The molecule has 1 fully saturated rings. The van der Waals surface area contributed by atoms with E-state index < -0.39 is 18.0 Å². The first-order valence-electron chi connectivity index (χ1n) is 9.97. The van der Waals surface area contributed by atoms with Gasteiger partial charge in [-0.1, -0.05) is 0 Å². The normalized spacial score (nSPS) is 21.6. The van der Waals surface area contributed by atoms with Crippen LogP contribution in [0.15, 0.2) is 36.7 Å². The van der Waals surface area contributed by atoms with Crippen LogP contribution in [-0.4, -0.2) is 57.6 Å². The van der Waals surface area contributed by atoms with Gasteiger partial charge in [-0.15, -0.1) is 0 Å². The molecular weight excluding hydrogens is 389 g/mol. The van der Waals surface area contributed by atoms with Crippen molar-refractivity contribution in [3.8, 4) is 5.75 Å². The maximum Gasteiger partial charge on any atom is 0.260 e. The van der Waals surface area contributed by atoms with Gasteiger partial charge in [0.15, 0.2) is 18.3 Å². The van der Waals surface area contributed by atoms with Crippen LogP contribution in [0.25, 0.3) is 5.52 Å². The zero-order valence-corrected chi connectivity index (χ0v) is 16.5. The predicted molar refractivity (Wildman–Crippen MR) is 106 cm³/mol. The number of pyridine rings is 1. The molecule has 1 aromatic carbocycles. The zero-order chi connectivity index (χ0) is 20.8.